The maximum atomic E-state index is 12.2. The summed E-state index contributed by atoms with van der Waals surface area (Å²) in [5.41, 5.74) is 0.479. The maximum absolute atomic E-state index is 12.2. The van der Waals surface area contributed by atoms with Crippen molar-refractivity contribution in [1.82, 2.24) is 15.5 Å². The van der Waals surface area contributed by atoms with Gasteiger partial charge in [0.15, 0.2) is 5.69 Å². The number of aromatic amines is 1. The average Bonchev–Trinajstić information content (AvgIpc) is 3.10. The number of amides is 1. The van der Waals surface area contributed by atoms with Gasteiger partial charge in [0, 0.05) is 12.5 Å². The second-order valence-corrected chi connectivity index (χ2v) is 7.98. The van der Waals surface area contributed by atoms with E-state index in [1.807, 2.05) is 0 Å². The lowest BCUT2D eigenvalue weighted by Crippen LogP contribution is -2.40. The van der Waals surface area contributed by atoms with Gasteiger partial charge in [-0.25, -0.2) is 13.6 Å². The van der Waals surface area contributed by atoms with Crippen molar-refractivity contribution < 1.29 is 13.2 Å². The first-order chi connectivity index (χ1) is 9.80. The zero-order valence-electron chi connectivity index (χ0n) is 12.0. The summed E-state index contributed by atoms with van der Waals surface area (Å²) in [5, 5.41) is 14.6. The summed E-state index contributed by atoms with van der Waals surface area (Å²) in [6.07, 6.45) is 5.10. The molecule has 3 rings (SSSR count). The normalized spacial score (nSPS) is 20.9. The highest BCUT2D eigenvalue weighted by Gasteiger charge is 2.37. The molecule has 0 bridgehead atoms. The Kier molecular flexibility index (Phi) is 3.32. The number of aromatic nitrogens is 2. The fourth-order valence-corrected chi connectivity index (χ4v) is 3.70. The van der Waals surface area contributed by atoms with Crippen molar-refractivity contribution in [3.63, 3.8) is 0 Å². The van der Waals surface area contributed by atoms with Crippen LogP contribution in [0.25, 0.3) is 0 Å². The average molecular weight is 312 g/mol. The smallest absolute Gasteiger partial charge is 0.273 e. The lowest BCUT2D eigenvalue weighted by atomic mass is 9.70. The van der Waals surface area contributed by atoms with Crippen molar-refractivity contribution in [3.8, 4) is 0 Å². The molecule has 4 N–H and O–H groups in total. The van der Waals surface area contributed by atoms with Gasteiger partial charge in [-0.05, 0) is 31.1 Å². The first kappa shape index (κ1) is 14.5. The van der Waals surface area contributed by atoms with E-state index in [1.165, 1.54) is 6.42 Å². The summed E-state index contributed by atoms with van der Waals surface area (Å²) in [7, 11) is -3.97. The van der Waals surface area contributed by atoms with E-state index in [9.17, 15) is 13.2 Å². The number of nitrogens with zero attached hydrogens (tertiary/aromatic N) is 1. The lowest BCUT2D eigenvalue weighted by Gasteiger charge is -2.38. The molecule has 0 atom stereocenters. The van der Waals surface area contributed by atoms with Crippen LogP contribution in [0.4, 0.5) is 0 Å². The van der Waals surface area contributed by atoms with E-state index in [4.69, 9.17) is 5.14 Å². The molecule has 0 unspecified atom stereocenters. The van der Waals surface area contributed by atoms with E-state index >= 15 is 0 Å². The van der Waals surface area contributed by atoms with Crippen LogP contribution in [-0.2, 0) is 10.0 Å². The van der Waals surface area contributed by atoms with Crippen molar-refractivity contribution >= 4 is 15.9 Å². The van der Waals surface area contributed by atoms with Gasteiger partial charge in [0.2, 0.25) is 10.0 Å². The van der Waals surface area contributed by atoms with E-state index < -0.39 is 15.9 Å². The molecule has 0 aliphatic heterocycles. The molecule has 1 aromatic heterocycles. The van der Waals surface area contributed by atoms with E-state index in [2.05, 4.69) is 22.4 Å². The number of nitrogens with two attached hydrogens (primary N) is 1. The topological polar surface area (TPSA) is 118 Å². The number of carbonyl (C=O) groups excluding carboxylic acids is 1. The molecule has 2 fully saturated rings. The fraction of sp³-hybridized carbons (Fsp3) is 0.692. The fourth-order valence-electron chi connectivity index (χ4n) is 2.77. The Hall–Kier alpha value is -1.41. The molecular formula is C13H20N4O3S. The van der Waals surface area contributed by atoms with Crippen LogP contribution in [0.2, 0.25) is 0 Å². The van der Waals surface area contributed by atoms with Gasteiger partial charge in [-0.2, -0.15) is 5.10 Å². The SMILES string of the molecule is CC1(CNC(=O)c2n[nH]c(C3CC3)c2S(N)(=O)=O)CCC1. The Morgan fingerprint density at radius 2 is 2.14 bits per heavy atom. The molecule has 21 heavy (non-hydrogen) atoms. The predicted octanol–water partition coefficient (Wildman–Crippen LogP) is 0.854. The van der Waals surface area contributed by atoms with Crippen LogP contribution < -0.4 is 10.5 Å². The summed E-state index contributed by atoms with van der Waals surface area (Å²) < 4.78 is 23.6. The number of sulfonamides is 1. The number of hydrogen-bond donors (Lipinski definition) is 3. The Morgan fingerprint density at radius 1 is 1.48 bits per heavy atom. The van der Waals surface area contributed by atoms with Crippen molar-refractivity contribution in [1.29, 1.82) is 0 Å². The highest BCUT2D eigenvalue weighted by Crippen LogP contribution is 2.42. The Bertz CT molecular complexity index is 672. The largest absolute Gasteiger partial charge is 0.350 e. The third-order valence-corrected chi connectivity index (χ3v) is 5.45. The van der Waals surface area contributed by atoms with E-state index in [-0.39, 0.29) is 21.9 Å². The van der Waals surface area contributed by atoms with E-state index in [1.54, 1.807) is 0 Å². The minimum absolute atomic E-state index is 0.109. The molecule has 116 valence electrons. The van der Waals surface area contributed by atoms with Crippen LogP contribution in [0.5, 0.6) is 0 Å². The summed E-state index contributed by atoms with van der Waals surface area (Å²) in [6, 6.07) is 0. The highest BCUT2D eigenvalue weighted by atomic mass is 32.2. The molecule has 1 aromatic rings. The first-order valence-electron chi connectivity index (χ1n) is 7.19. The lowest BCUT2D eigenvalue weighted by molar-refractivity contribution is 0.0882. The van der Waals surface area contributed by atoms with Crippen molar-refractivity contribution in [2.24, 2.45) is 10.6 Å². The van der Waals surface area contributed by atoms with Crippen molar-refractivity contribution in [2.45, 2.75) is 49.8 Å². The van der Waals surface area contributed by atoms with E-state index in [0.29, 0.717) is 12.2 Å². The van der Waals surface area contributed by atoms with Crippen LogP contribution >= 0.6 is 0 Å². The summed E-state index contributed by atoms with van der Waals surface area (Å²) in [4.78, 5) is 12.1. The number of carbonyl (C=O) groups is 1. The van der Waals surface area contributed by atoms with Gasteiger partial charge in [-0.3, -0.25) is 9.89 Å². The zero-order valence-corrected chi connectivity index (χ0v) is 12.8. The van der Waals surface area contributed by atoms with Gasteiger partial charge in [0.05, 0.1) is 5.69 Å². The van der Waals surface area contributed by atoms with Gasteiger partial charge in [0.1, 0.15) is 4.90 Å². The van der Waals surface area contributed by atoms with Gasteiger partial charge in [-0.15, -0.1) is 0 Å². The third kappa shape index (κ3) is 2.82. The molecule has 8 heteroatoms. The molecule has 0 spiro atoms. The Labute approximate surface area is 123 Å². The van der Waals surface area contributed by atoms with Crippen LogP contribution in [-0.4, -0.2) is 31.1 Å². The molecule has 1 amide bonds. The molecule has 2 saturated carbocycles. The van der Waals surface area contributed by atoms with Gasteiger partial charge in [0.25, 0.3) is 5.91 Å². The number of rotatable bonds is 5. The molecule has 1 heterocycles. The van der Waals surface area contributed by atoms with Gasteiger partial charge in [-0.1, -0.05) is 13.3 Å². The van der Waals surface area contributed by atoms with Crippen LogP contribution in [0, 0.1) is 5.41 Å². The predicted molar refractivity (Wildman–Crippen MR) is 76.2 cm³/mol. The summed E-state index contributed by atoms with van der Waals surface area (Å²) in [6.45, 7) is 2.64. The Balaban J connectivity index is 1.82. The molecular weight excluding hydrogens is 292 g/mol. The highest BCUT2D eigenvalue weighted by molar-refractivity contribution is 7.89. The molecule has 0 saturated heterocycles. The maximum Gasteiger partial charge on any atom is 0.273 e. The number of hydrogen-bond acceptors (Lipinski definition) is 4. The molecule has 0 aromatic carbocycles. The van der Waals surface area contributed by atoms with Crippen LogP contribution in [0.1, 0.15) is 61.1 Å². The van der Waals surface area contributed by atoms with Crippen molar-refractivity contribution in [3.05, 3.63) is 11.4 Å². The summed E-state index contributed by atoms with van der Waals surface area (Å²) >= 11 is 0. The summed E-state index contributed by atoms with van der Waals surface area (Å²) in [5.74, 6) is -0.355. The zero-order chi connectivity index (χ0) is 15.3. The Morgan fingerprint density at radius 3 is 2.62 bits per heavy atom. The van der Waals surface area contributed by atoms with Gasteiger partial charge >= 0.3 is 0 Å². The first-order valence-corrected chi connectivity index (χ1v) is 8.74. The van der Waals surface area contributed by atoms with E-state index in [0.717, 1.165) is 25.7 Å². The quantitative estimate of drug-likeness (QED) is 0.747. The number of primary sulfonamides is 1. The monoisotopic (exact) mass is 312 g/mol. The molecule has 2 aliphatic carbocycles. The third-order valence-electron chi connectivity index (χ3n) is 4.47. The van der Waals surface area contributed by atoms with Gasteiger partial charge < -0.3 is 5.32 Å². The minimum Gasteiger partial charge on any atom is -0.350 e. The van der Waals surface area contributed by atoms with Crippen LogP contribution in [0.15, 0.2) is 4.90 Å². The van der Waals surface area contributed by atoms with Crippen molar-refractivity contribution in [2.75, 3.05) is 6.54 Å². The second-order valence-electron chi connectivity index (χ2n) is 6.48. The van der Waals surface area contributed by atoms with Crippen LogP contribution in [0.3, 0.4) is 0 Å². The molecule has 7 nitrogen and oxygen atoms in total. The standard InChI is InChI=1S/C13H20N4O3S/c1-13(5-2-6-13)7-15-12(18)10-11(21(14,19)20)9(16-17-10)8-3-4-8/h8H,2-7H2,1H3,(H,15,18)(H,16,17)(H2,14,19,20). The number of H-pyrrole nitrogens is 1. The number of nitrogens with one attached hydrogen (secondary N) is 2. The second kappa shape index (κ2) is 4.81. The minimum atomic E-state index is -3.97. The molecule has 2 aliphatic rings. The molecule has 0 radical (unpaired) electrons.